The summed E-state index contributed by atoms with van der Waals surface area (Å²) in [5, 5.41) is 6.22. The van der Waals surface area contributed by atoms with Crippen molar-refractivity contribution >= 4 is 5.91 Å². The summed E-state index contributed by atoms with van der Waals surface area (Å²) in [5.74, 6) is 0.823. The van der Waals surface area contributed by atoms with Gasteiger partial charge in [-0.05, 0) is 38.6 Å². The first-order valence-electron chi connectivity index (χ1n) is 5.86. The Morgan fingerprint density at radius 3 is 3.07 bits per heavy atom. The zero-order valence-corrected chi connectivity index (χ0v) is 9.75. The van der Waals surface area contributed by atoms with Gasteiger partial charge in [0.1, 0.15) is 0 Å². The van der Waals surface area contributed by atoms with Crippen molar-refractivity contribution in [1.29, 1.82) is 0 Å². The van der Waals surface area contributed by atoms with Crippen molar-refractivity contribution in [1.82, 2.24) is 10.6 Å². The van der Waals surface area contributed by atoms with Crippen molar-refractivity contribution in [2.24, 2.45) is 5.92 Å². The third-order valence-corrected chi connectivity index (χ3v) is 2.83. The number of hydrogen-bond acceptors (Lipinski definition) is 2. The predicted molar refractivity (Wildman–Crippen MR) is 62.6 cm³/mol. The Morgan fingerprint density at radius 1 is 1.60 bits per heavy atom. The quantitative estimate of drug-likeness (QED) is 0.545. The molecule has 3 nitrogen and oxygen atoms in total. The van der Waals surface area contributed by atoms with Gasteiger partial charge in [0.25, 0.3) is 0 Å². The highest BCUT2D eigenvalue weighted by Crippen LogP contribution is 2.14. The SMILES string of the molecule is C/C=C/CCNC(=O)C1CC(C)CCN1. The standard InChI is InChI=1S/C12H22N2O/c1-3-4-5-7-14-12(15)11-9-10(2)6-8-13-11/h3-4,10-11,13H,5-9H2,1-2H3,(H,14,15)/b4-3+. The molecule has 1 fully saturated rings. The van der Waals surface area contributed by atoms with Crippen molar-refractivity contribution in [3.05, 3.63) is 12.2 Å². The van der Waals surface area contributed by atoms with Crippen LogP contribution in [-0.4, -0.2) is 25.0 Å². The largest absolute Gasteiger partial charge is 0.354 e. The molecular weight excluding hydrogens is 188 g/mol. The van der Waals surface area contributed by atoms with Crippen molar-refractivity contribution in [2.75, 3.05) is 13.1 Å². The van der Waals surface area contributed by atoms with Crippen LogP contribution in [0.5, 0.6) is 0 Å². The molecule has 0 bridgehead atoms. The smallest absolute Gasteiger partial charge is 0.237 e. The molecule has 1 amide bonds. The average Bonchev–Trinajstić information content (AvgIpc) is 2.24. The molecule has 0 radical (unpaired) electrons. The fourth-order valence-corrected chi connectivity index (χ4v) is 1.88. The lowest BCUT2D eigenvalue weighted by Crippen LogP contribution is -2.48. The maximum atomic E-state index is 11.7. The normalized spacial score (nSPS) is 26.8. The molecule has 0 aromatic rings. The van der Waals surface area contributed by atoms with Crippen molar-refractivity contribution in [2.45, 2.75) is 39.2 Å². The van der Waals surface area contributed by atoms with Gasteiger partial charge in [-0.1, -0.05) is 19.1 Å². The van der Waals surface area contributed by atoms with Gasteiger partial charge in [0, 0.05) is 6.54 Å². The van der Waals surface area contributed by atoms with Crippen LogP contribution in [-0.2, 0) is 4.79 Å². The first kappa shape index (κ1) is 12.2. The lowest BCUT2D eigenvalue weighted by atomic mass is 9.94. The molecule has 15 heavy (non-hydrogen) atoms. The van der Waals surface area contributed by atoms with Crippen LogP contribution in [0.2, 0.25) is 0 Å². The van der Waals surface area contributed by atoms with Crippen LogP contribution in [0.15, 0.2) is 12.2 Å². The molecule has 1 aliphatic heterocycles. The first-order chi connectivity index (χ1) is 7.24. The summed E-state index contributed by atoms with van der Waals surface area (Å²) >= 11 is 0. The molecule has 0 aliphatic carbocycles. The number of hydrogen-bond donors (Lipinski definition) is 2. The molecule has 86 valence electrons. The maximum Gasteiger partial charge on any atom is 0.237 e. The molecule has 2 atom stereocenters. The fourth-order valence-electron chi connectivity index (χ4n) is 1.88. The molecule has 2 unspecified atom stereocenters. The molecule has 0 saturated carbocycles. The lowest BCUT2D eigenvalue weighted by Gasteiger charge is -2.27. The van der Waals surface area contributed by atoms with Crippen LogP contribution in [0.3, 0.4) is 0 Å². The van der Waals surface area contributed by atoms with Gasteiger partial charge in [-0.3, -0.25) is 4.79 Å². The summed E-state index contributed by atoms with van der Waals surface area (Å²) in [6.45, 7) is 5.91. The summed E-state index contributed by atoms with van der Waals surface area (Å²) in [5.41, 5.74) is 0. The third-order valence-electron chi connectivity index (χ3n) is 2.83. The predicted octanol–water partition coefficient (Wildman–Crippen LogP) is 1.46. The van der Waals surface area contributed by atoms with E-state index < -0.39 is 0 Å². The molecule has 1 rings (SSSR count). The minimum Gasteiger partial charge on any atom is -0.354 e. The molecule has 3 heteroatoms. The number of nitrogens with one attached hydrogen (secondary N) is 2. The Labute approximate surface area is 92.3 Å². The highest BCUT2D eigenvalue weighted by molar-refractivity contribution is 5.81. The number of carbonyl (C=O) groups excluding carboxylic acids is 1. The Bertz CT molecular complexity index is 226. The highest BCUT2D eigenvalue weighted by atomic mass is 16.2. The second-order valence-corrected chi connectivity index (χ2v) is 4.28. The van der Waals surface area contributed by atoms with E-state index in [1.807, 2.05) is 13.0 Å². The van der Waals surface area contributed by atoms with Gasteiger partial charge in [-0.25, -0.2) is 0 Å². The highest BCUT2D eigenvalue weighted by Gasteiger charge is 2.23. The molecule has 1 aliphatic rings. The zero-order chi connectivity index (χ0) is 11.1. The fraction of sp³-hybridized carbons (Fsp3) is 0.750. The van der Waals surface area contributed by atoms with E-state index in [1.165, 1.54) is 6.42 Å². The van der Waals surface area contributed by atoms with E-state index in [2.05, 4.69) is 23.6 Å². The maximum absolute atomic E-state index is 11.7. The van der Waals surface area contributed by atoms with E-state index in [1.54, 1.807) is 0 Å². The number of rotatable bonds is 4. The van der Waals surface area contributed by atoms with Gasteiger partial charge in [0.2, 0.25) is 5.91 Å². The van der Waals surface area contributed by atoms with Gasteiger partial charge < -0.3 is 10.6 Å². The second-order valence-electron chi connectivity index (χ2n) is 4.28. The zero-order valence-electron chi connectivity index (χ0n) is 9.75. The molecular formula is C12H22N2O. The van der Waals surface area contributed by atoms with E-state index in [9.17, 15) is 4.79 Å². The molecule has 1 saturated heterocycles. The van der Waals surface area contributed by atoms with Gasteiger partial charge in [-0.2, -0.15) is 0 Å². The number of allylic oxidation sites excluding steroid dienone is 1. The van der Waals surface area contributed by atoms with Crippen LogP contribution in [0.1, 0.15) is 33.1 Å². The second kappa shape index (κ2) is 6.62. The number of amides is 1. The molecule has 0 spiro atoms. The minimum absolute atomic E-state index is 0.0272. The van der Waals surface area contributed by atoms with E-state index >= 15 is 0 Å². The van der Waals surface area contributed by atoms with Gasteiger partial charge in [-0.15, -0.1) is 0 Å². The van der Waals surface area contributed by atoms with Gasteiger partial charge >= 0.3 is 0 Å². The van der Waals surface area contributed by atoms with Crippen molar-refractivity contribution in [3.8, 4) is 0 Å². The molecule has 0 aromatic carbocycles. The summed E-state index contributed by atoms with van der Waals surface area (Å²) in [6, 6.07) is 0.0272. The minimum atomic E-state index is 0.0272. The summed E-state index contributed by atoms with van der Waals surface area (Å²) < 4.78 is 0. The van der Waals surface area contributed by atoms with Crippen LogP contribution in [0.4, 0.5) is 0 Å². The number of piperidine rings is 1. The Morgan fingerprint density at radius 2 is 2.40 bits per heavy atom. The van der Waals surface area contributed by atoms with E-state index in [0.717, 1.165) is 25.9 Å². The Balaban J connectivity index is 2.21. The van der Waals surface area contributed by atoms with Crippen LogP contribution in [0, 0.1) is 5.92 Å². The van der Waals surface area contributed by atoms with Crippen LogP contribution >= 0.6 is 0 Å². The first-order valence-corrected chi connectivity index (χ1v) is 5.86. The topological polar surface area (TPSA) is 41.1 Å². The summed E-state index contributed by atoms with van der Waals surface area (Å²) in [6.07, 6.45) is 7.15. The Hall–Kier alpha value is -0.830. The summed E-state index contributed by atoms with van der Waals surface area (Å²) in [7, 11) is 0. The van der Waals surface area contributed by atoms with E-state index in [0.29, 0.717) is 5.92 Å². The van der Waals surface area contributed by atoms with E-state index in [-0.39, 0.29) is 11.9 Å². The Kier molecular flexibility index (Phi) is 5.40. The lowest BCUT2D eigenvalue weighted by molar-refractivity contribution is -0.123. The molecule has 0 aromatic heterocycles. The summed E-state index contributed by atoms with van der Waals surface area (Å²) in [4.78, 5) is 11.7. The van der Waals surface area contributed by atoms with Crippen molar-refractivity contribution in [3.63, 3.8) is 0 Å². The van der Waals surface area contributed by atoms with E-state index in [4.69, 9.17) is 0 Å². The number of carbonyl (C=O) groups is 1. The van der Waals surface area contributed by atoms with Gasteiger partial charge in [0.05, 0.1) is 6.04 Å². The monoisotopic (exact) mass is 210 g/mol. The molecule has 1 heterocycles. The average molecular weight is 210 g/mol. The van der Waals surface area contributed by atoms with Gasteiger partial charge in [0.15, 0.2) is 0 Å². The van der Waals surface area contributed by atoms with Crippen LogP contribution in [0.25, 0.3) is 0 Å². The van der Waals surface area contributed by atoms with Crippen LogP contribution < -0.4 is 10.6 Å². The molecule has 2 N–H and O–H groups in total. The van der Waals surface area contributed by atoms with Crippen molar-refractivity contribution < 1.29 is 4.79 Å². The third kappa shape index (κ3) is 4.47.